The Labute approximate surface area is 178 Å². The van der Waals surface area contributed by atoms with Crippen molar-refractivity contribution >= 4 is 23.2 Å². The van der Waals surface area contributed by atoms with Crippen LogP contribution in [-0.2, 0) is 19.7 Å². The molecule has 3 aromatic rings. The van der Waals surface area contributed by atoms with E-state index in [9.17, 15) is 14.9 Å². The summed E-state index contributed by atoms with van der Waals surface area (Å²) >= 11 is 6.12. The minimum atomic E-state index is -0.474. The average Bonchev–Trinajstić information content (AvgIpc) is 3.10. The van der Waals surface area contributed by atoms with Crippen LogP contribution in [0.4, 0.5) is 5.69 Å². The Morgan fingerprint density at radius 1 is 1.30 bits per heavy atom. The molecule has 0 unspecified atom stereocenters. The Balaban J connectivity index is 1.67. The molecule has 0 aliphatic carbocycles. The Kier molecular flexibility index (Phi) is 6.68. The van der Waals surface area contributed by atoms with Crippen LogP contribution in [0.15, 0.2) is 48.7 Å². The standard InChI is InChI=1S/C21H21ClN4O4/c1-3-25-19(17(22)11-24-25)12-23-21(27)16-6-4-5-15(10-16)13-30-20-8-7-14(2)9-18(20)26(28)29/h4-11H,3,12-13H2,1-2H3,(H,23,27). The number of nitro groups is 1. The lowest BCUT2D eigenvalue weighted by atomic mass is 10.1. The monoisotopic (exact) mass is 428 g/mol. The molecule has 30 heavy (non-hydrogen) atoms. The third-order valence-electron chi connectivity index (χ3n) is 4.51. The van der Waals surface area contributed by atoms with E-state index in [4.69, 9.17) is 16.3 Å². The number of halogens is 1. The second kappa shape index (κ2) is 9.41. The van der Waals surface area contributed by atoms with Crippen molar-refractivity contribution in [2.75, 3.05) is 0 Å². The number of nitro benzene ring substituents is 1. The highest BCUT2D eigenvalue weighted by molar-refractivity contribution is 6.31. The molecular formula is C21H21ClN4O4. The summed E-state index contributed by atoms with van der Waals surface area (Å²) in [6.07, 6.45) is 1.55. The molecule has 0 saturated carbocycles. The quantitative estimate of drug-likeness (QED) is 0.426. The second-order valence-electron chi connectivity index (χ2n) is 6.65. The highest BCUT2D eigenvalue weighted by atomic mass is 35.5. The molecule has 0 spiro atoms. The average molecular weight is 429 g/mol. The molecule has 0 aliphatic rings. The van der Waals surface area contributed by atoms with E-state index in [-0.39, 0.29) is 30.5 Å². The summed E-state index contributed by atoms with van der Waals surface area (Å²) in [5.74, 6) is -0.0824. The summed E-state index contributed by atoms with van der Waals surface area (Å²) in [7, 11) is 0. The summed E-state index contributed by atoms with van der Waals surface area (Å²) in [5, 5.41) is 18.7. The van der Waals surface area contributed by atoms with E-state index >= 15 is 0 Å². The van der Waals surface area contributed by atoms with E-state index in [0.717, 1.165) is 11.3 Å². The molecule has 9 heteroatoms. The maximum absolute atomic E-state index is 12.5. The summed E-state index contributed by atoms with van der Waals surface area (Å²) in [5.41, 5.74) is 2.59. The van der Waals surface area contributed by atoms with Gasteiger partial charge in [-0.05, 0) is 43.2 Å². The molecule has 0 radical (unpaired) electrons. The first kappa shape index (κ1) is 21.3. The molecule has 2 aromatic carbocycles. The van der Waals surface area contributed by atoms with E-state index in [2.05, 4.69) is 10.4 Å². The number of benzene rings is 2. The molecule has 0 bridgehead atoms. The topological polar surface area (TPSA) is 99.3 Å². The summed E-state index contributed by atoms with van der Waals surface area (Å²) < 4.78 is 7.36. The van der Waals surface area contributed by atoms with Crippen LogP contribution in [0, 0.1) is 17.0 Å². The largest absolute Gasteiger partial charge is 0.482 e. The molecule has 0 fully saturated rings. The smallest absolute Gasteiger partial charge is 0.311 e. The lowest BCUT2D eigenvalue weighted by molar-refractivity contribution is -0.386. The fraction of sp³-hybridized carbons (Fsp3) is 0.238. The van der Waals surface area contributed by atoms with Crippen LogP contribution in [0.2, 0.25) is 5.02 Å². The number of hydrogen-bond donors (Lipinski definition) is 1. The minimum absolute atomic E-state index is 0.0895. The van der Waals surface area contributed by atoms with Crippen LogP contribution in [0.5, 0.6) is 5.75 Å². The predicted octanol–water partition coefficient (Wildman–Crippen LogP) is 4.28. The molecule has 8 nitrogen and oxygen atoms in total. The van der Waals surface area contributed by atoms with Gasteiger partial charge in [-0.15, -0.1) is 0 Å². The first-order valence-electron chi connectivity index (χ1n) is 9.34. The maximum Gasteiger partial charge on any atom is 0.311 e. The van der Waals surface area contributed by atoms with Gasteiger partial charge in [0.05, 0.1) is 28.4 Å². The van der Waals surface area contributed by atoms with Gasteiger partial charge in [-0.3, -0.25) is 19.6 Å². The third kappa shape index (κ3) is 4.96. The van der Waals surface area contributed by atoms with Gasteiger partial charge in [0.1, 0.15) is 6.61 Å². The van der Waals surface area contributed by atoms with Gasteiger partial charge in [0.25, 0.3) is 5.91 Å². The minimum Gasteiger partial charge on any atom is -0.482 e. The zero-order valence-corrected chi connectivity index (χ0v) is 17.3. The number of rotatable bonds is 8. The van der Waals surface area contributed by atoms with E-state index in [1.165, 1.54) is 6.07 Å². The zero-order valence-electron chi connectivity index (χ0n) is 16.6. The summed E-state index contributed by atoms with van der Waals surface area (Å²) in [4.78, 5) is 23.3. The molecule has 1 aromatic heterocycles. The molecule has 0 atom stereocenters. The Bertz CT molecular complexity index is 1080. The lowest BCUT2D eigenvalue weighted by Gasteiger charge is -2.10. The highest BCUT2D eigenvalue weighted by Crippen LogP contribution is 2.28. The number of hydrogen-bond acceptors (Lipinski definition) is 5. The van der Waals surface area contributed by atoms with Crippen molar-refractivity contribution in [2.24, 2.45) is 0 Å². The number of amides is 1. The van der Waals surface area contributed by atoms with Gasteiger partial charge in [-0.2, -0.15) is 5.10 Å². The van der Waals surface area contributed by atoms with Gasteiger partial charge >= 0.3 is 5.69 Å². The van der Waals surface area contributed by atoms with Crippen molar-refractivity contribution < 1.29 is 14.5 Å². The van der Waals surface area contributed by atoms with Crippen LogP contribution in [0.1, 0.15) is 34.1 Å². The lowest BCUT2D eigenvalue weighted by Crippen LogP contribution is -2.24. The number of aromatic nitrogens is 2. The van der Waals surface area contributed by atoms with Crippen molar-refractivity contribution in [3.05, 3.63) is 86.2 Å². The van der Waals surface area contributed by atoms with Gasteiger partial charge in [0.2, 0.25) is 0 Å². The third-order valence-corrected chi connectivity index (χ3v) is 4.82. The van der Waals surface area contributed by atoms with Gasteiger partial charge < -0.3 is 10.1 Å². The SMILES string of the molecule is CCn1ncc(Cl)c1CNC(=O)c1cccc(COc2ccc(C)cc2[N+](=O)[O-])c1. The number of ether oxygens (including phenoxy) is 1. The van der Waals surface area contributed by atoms with Crippen LogP contribution in [0.3, 0.4) is 0 Å². The normalized spacial score (nSPS) is 10.6. The first-order chi connectivity index (χ1) is 14.4. The predicted molar refractivity (Wildman–Crippen MR) is 113 cm³/mol. The van der Waals surface area contributed by atoms with Gasteiger partial charge in [-0.1, -0.05) is 29.8 Å². The maximum atomic E-state index is 12.5. The Morgan fingerprint density at radius 3 is 2.83 bits per heavy atom. The number of carbonyl (C=O) groups excluding carboxylic acids is 1. The first-order valence-corrected chi connectivity index (χ1v) is 9.72. The van der Waals surface area contributed by atoms with Gasteiger partial charge in [-0.25, -0.2) is 0 Å². The molecule has 1 amide bonds. The Morgan fingerprint density at radius 2 is 2.10 bits per heavy atom. The molecule has 0 saturated heterocycles. The van der Waals surface area contributed by atoms with E-state index in [0.29, 0.717) is 22.7 Å². The van der Waals surface area contributed by atoms with E-state index in [1.807, 2.05) is 6.92 Å². The molecule has 156 valence electrons. The fourth-order valence-corrected chi connectivity index (χ4v) is 3.17. The van der Waals surface area contributed by atoms with Crippen molar-refractivity contribution in [1.29, 1.82) is 0 Å². The van der Waals surface area contributed by atoms with Crippen LogP contribution < -0.4 is 10.1 Å². The molecular weight excluding hydrogens is 408 g/mol. The van der Waals surface area contributed by atoms with Crippen LogP contribution in [-0.4, -0.2) is 20.6 Å². The van der Waals surface area contributed by atoms with Crippen LogP contribution in [0.25, 0.3) is 0 Å². The molecule has 3 rings (SSSR count). The number of nitrogens with one attached hydrogen (secondary N) is 1. The summed E-state index contributed by atoms with van der Waals surface area (Å²) in [6, 6.07) is 11.7. The molecule has 1 heterocycles. The van der Waals surface area contributed by atoms with Crippen molar-refractivity contribution in [3.63, 3.8) is 0 Å². The second-order valence-corrected chi connectivity index (χ2v) is 7.06. The van der Waals surface area contributed by atoms with Crippen LogP contribution >= 0.6 is 11.6 Å². The van der Waals surface area contributed by atoms with Crippen molar-refractivity contribution in [3.8, 4) is 5.75 Å². The number of carbonyl (C=O) groups is 1. The van der Waals surface area contributed by atoms with Crippen molar-refractivity contribution in [2.45, 2.75) is 33.5 Å². The fourth-order valence-electron chi connectivity index (χ4n) is 2.96. The van der Waals surface area contributed by atoms with Gasteiger partial charge in [0.15, 0.2) is 5.75 Å². The Hall–Kier alpha value is -3.39. The molecule has 1 N–H and O–H groups in total. The van der Waals surface area contributed by atoms with Gasteiger partial charge in [0, 0.05) is 18.2 Å². The van der Waals surface area contributed by atoms with Crippen molar-refractivity contribution in [1.82, 2.24) is 15.1 Å². The zero-order chi connectivity index (χ0) is 21.7. The number of nitrogens with zero attached hydrogens (tertiary/aromatic N) is 3. The molecule has 0 aliphatic heterocycles. The van der Waals surface area contributed by atoms with E-state index in [1.54, 1.807) is 54.2 Å². The van der Waals surface area contributed by atoms with E-state index < -0.39 is 4.92 Å². The number of aryl methyl sites for hydroxylation is 2. The summed E-state index contributed by atoms with van der Waals surface area (Å²) in [6.45, 7) is 4.72. The highest BCUT2D eigenvalue weighted by Gasteiger charge is 2.16.